The minimum Gasteiger partial charge on any atom is -0.271 e. The molecular weight excluding hydrogens is 346 g/mol. The molecule has 0 bridgehead atoms. The Morgan fingerprint density at radius 3 is 2.81 bits per heavy atom. The third kappa shape index (κ3) is 3.01. The summed E-state index contributed by atoms with van der Waals surface area (Å²) in [5.41, 5.74) is 6.39. The molecule has 21 heavy (non-hydrogen) atoms. The standard InChI is InChI=1S/C16H16BrN3S/c1-10-11(5-4-6-12(10)17)14(20-18)9-16-19-13-7-2-3-8-15(13)21-16/h2-8,14,20H,9,18H2,1H3. The highest BCUT2D eigenvalue weighted by Crippen LogP contribution is 2.29. The van der Waals surface area contributed by atoms with Gasteiger partial charge in [0, 0.05) is 10.9 Å². The van der Waals surface area contributed by atoms with Crippen molar-refractivity contribution in [2.24, 2.45) is 5.84 Å². The summed E-state index contributed by atoms with van der Waals surface area (Å²) < 4.78 is 2.32. The quantitative estimate of drug-likeness (QED) is 0.542. The number of nitrogens with one attached hydrogen (secondary N) is 1. The molecule has 108 valence electrons. The van der Waals surface area contributed by atoms with Gasteiger partial charge < -0.3 is 0 Å². The zero-order valence-electron chi connectivity index (χ0n) is 11.6. The van der Waals surface area contributed by atoms with Crippen molar-refractivity contribution in [3.63, 3.8) is 0 Å². The Morgan fingerprint density at radius 1 is 1.24 bits per heavy atom. The molecule has 0 radical (unpaired) electrons. The third-order valence-corrected chi connectivity index (χ3v) is 5.52. The van der Waals surface area contributed by atoms with Gasteiger partial charge in [0.15, 0.2) is 0 Å². The van der Waals surface area contributed by atoms with Crippen molar-refractivity contribution in [2.75, 3.05) is 0 Å². The van der Waals surface area contributed by atoms with Crippen molar-refractivity contribution in [3.05, 3.63) is 63.1 Å². The fraction of sp³-hybridized carbons (Fsp3) is 0.188. The molecule has 1 atom stereocenters. The summed E-state index contributed by atoms with van der Waals surface area (Å²) in [7, 11) is 0. The van der Waals surface area contributed by atoms with E-state index in [-0.39, 0.29) is 6.04 Å². The van der Waals surface area contributed by atoms with Gasteiger partial charge in [0.05, 0.1) is 21.3 Å². The number of hydrazine groups is 1. The molecule has 3 nitrogen and oxygen atoms in total. The molecule has 0 aliphatic heterocycles. The smallest absolute Gasteiger partial charge is 0.0958 e. The first-order valence-corrected chi connectivity index (χ1v) is 8.35. The molecule has 2 aromatic carbocycles. The summed E-state index contributed by atoms with van der Waals surface area (Å²) in [6.45, 7) is 2.10. The molecule has 1 unspecified atom stereocenters. The van der Waals surface area contributed by atoms with Crippen LogP contribution in [0.15, 0.2) is 46.9 Å². The number of thiazole rings is 1. The second kappa shape index (κ2) is 6.23. The number of nitrogens with two attached hydrogens (primary N) is 1. The van der Waals surface area contributed by atoms with E-state index in [2.05, 4.69) is 45.4 Å². The fourth-order valence-corrected chi connectivity index (χ4v) is 3.84. The first-order valence-electron chi connectivity index (χ1n) is 6.74. The average molecular weight is 362 g/mol. The topological polar surface area (TPSA) is 50.9 Å². The molecule has 0 spiro atoms. The van der Waals surface area contributed by atoms with E-state index in [9.17, 15) is 0 Å². The van der Waals surface area contributed by atoms with Gasteiger partial charge >= 0.3 is 0 Å². The first kappa shape index (κ1) is 14.7. The Morgan fingerprint density at radius 2 is 2.05 bits per heavy atom. The number of rotatable bonds is 4. The van der Waals surface area contributed by atoms with Crippen LogP contribution in [0.5, 0.6) is 0 Å². The monoisotopic (exact) mass is 361 g/mol. The Balaban J connectivity index is 1.92. The maximum Gasteiger partial charge on any atom is 0.0958 e. The van der Waals surface area contributed by atoms with E-state index in [1.807, 2.05) is 30.3 Å². The third-order valence-electron chi connectivity index (χ3n) is 3.60. The van der Waals surface area contributed by atoms with Crippen LogP contribution in [0.2, 0.25) is 0 Å². The van der Waals surface area contributed by atoms with Crippen molar-refractivity contribution in [2.45, 2.75) is 19.4 Å². The lowest BCUT2D eigenvalue weighted by Gasteiger charge is -2.18. The lowest BCUT2D eigenvalue weighted by molar-refractivity contribution is 0.548. The molecule has 0 aliphatic carbocycles. The van der Waals surface area contributed by atoms with Crippen molar-refractivity contribution >= 4 is 37.5 Å². The van der Waals surface area contributed by atoms with Crippen LogP contribution in [0.25, 0.3) is 10.2 Å². The minimum atomic E-state index is 0.0584. The number of nitrogens with zero attached hydrogens (tertiary/aromatic N) is 1. The van der Waals surface area contributed by atoms with Gasteiger partial charge in [-0.3, -0.25) is 11.3 Å². The van der Waals surface area contributed by atoms with Crippen molar-refractivity contribution in [1.29, 1.82) is 0 Å². The molecule has 0 saturated heterocycles. The molecule has 3 rings (SSSR count). The van der Waals surface area contributed by atoms with Gasteiger partial charge in [0.1, 0.15) is 0 Å². The molecule has 3 aromatic rings. The first-order chi connectivity index (χ1) is 10.2. The Labute approximate surface area is 136 Å². The molecule has 1 heterocycles. The lowest BCUT2D eigenvalue weighted by atomic mass is 9.99. The van der Waals surface area contributed by atoms with Gasteiger partial charge in [-0.1, -0.05) is 40.2 Å². The maximum absolute atomic E-state index is 5.78. The number of fused-ring (bicyclic) bond motifs is 1. The number of hydrogen-bond donors (Lipinski definition) is 2. The molecule has 1 aromatic heterocycles. The Bertz CT molecular complexity index is 736. The number of benzene rings is 2. The second-order valence-corrected chi connectivity index (χ2v) is 6.92. The van der Waals surface area contributed by atoms with E-state index >= 15 is 0 Å². The van der Waals surface area contributed by atoms with Crippen LogP contribution in [-0.4, -0.2) is 4.98 Å². The summed E-state index contributed by atoms with van der Waals surface area (Å²) in [6.07, 6.45) is 0.785. The molecule has 5 heteroatoms. The van der Waals surface area contributed by atoms with Crippen molar-refractivity contribution < 1.29 is 0 Å². The van der Waals surface area contributed by atoms with Crippen LogP contribution in [-0.2, 0) is 6.42 Å². The largest absolute Gasteiger partial charge is 0.271 e. The SMILES string of the molecule is Cc1c(Br)cccc1C(Cc1nc2ccccc2s1)NN. The number of hydrogen-bond acceptors (Lipinski definition) is 4. The van der Waals surface area contributed by atoms with Gasteiger partial charge in [-0.2, -0.15) is 0 Å². The van der Waals surface area contributed by atoms with Crippen LogP contribution in [0, 0.1) is 6.92 Å². The van der Waals surface area contributed by atoms with E-state index in [0.29, 0.717) is 0 Å². The van der Waals surface area contributed by atoms with Gasteiger partial charge in [-0.25, -0.2) is 4.98 Å². The molecular formula is C16H16BrN3S. The predicted octanol–water partition coefficient (Wildman–Crippen LogP) is 4.11. The maximum atomic E-state index is 5.78. The lowest BCUT2D eigenvalue weighted by Crippen LogP contribution is -2.30. The van der Waals surface area contributed by atoms with E-state index in [1.165, 1.54) is 15.8 Å². The molecule has 0 amide bonds. The molecule has 0 aliphatic rings. The fourth-order valence-electron chi connectivity index (χ4n) is 2.44. The second-order valence-electron chi connectivity index (χ2n) is 4.95. The zero-order valence-corrected chi connectivity index (χ0v) is 14.0. The number of para-hydroxylation sites is 1. The Hall–Kier alpha value is -1.27. The summed E-state index contributed by atoms with van der Waals surface area (Å²) >= 11 is 5.30. The molecule has 3 N–H and O–H groups in total. The summed E-state index contributed by atoms with van der Waals surface area (Å²) in [5, 5.41) is 1.10. The predicted molar refractivity (Wildman–Crippen MR) is 92.3 cm³/mol. The van der Waals surface area contributed by atoms with Crippen molar-refractivity contribution in [1.82, 2.24) is 10.4 Å². The van der Waals surface area contributed by atoms with Crippen LogP contribution in [0.4, 0.5) is 0 Å². The van der Waals surface area contributed by atoms with Crippen molar-refractivity contribution in [3.8, 4) is 0 Å². The summed E-state index contributed by atoms with van der Waals surface area (Å²) in [6, 6.07) is 14.5. The van der Waals surface area contributed by atoms with E-state index in [0.717, 1.165) is 21.4 Å². The molecule has 0 saturated carbocycles. The van der Waals surface area contributed by atoms with Gasteiger partial charge in [-0.05, 0) is 36.2 Å². The van der Waals surface area contributed by atoms with Crippen LogP contribution >= 0.6 is 27.3 Å². The van der Waals surface area contributed by atoms with E-state index in [1.54, 1.807) is 11.3 Å². The number of halogens is 1. The minimum absolute atomic E-state index is 0.0584. The molecule has 0 fully saturated rings. The highest BCUT2D eigenvalue weighted by atomic mass is 79.9. The van der Waals surface area contributed by atoms with Gasteiger partial charge in [0.25, 0.3) is 0 Å². The zero-order chi connectivity index (χ0) is 14.8. The van der Waals surface area contributed by atoms with Crippen LogP contribution < -0.4 is 11.3 Å². The summed E-state index contributed by atoms with van der Waals surface area (Å²) in [5.74, 6) is 5.78. The van der Waals surface area contributed by atoms with Gasteiger partial charge in [0.2, 0.25) is 0 Å². The normalized spacial score (nSPS) is 12.7. The summed E-state index contributed by atoms with van der Waals surface area (Å²) in [4.78, 5) is 4.69. The average Bonchev–Trinajstić information content (AvgIpc) is 2.90. The Kier molecular flexibility index (Phi) is 4.35. The van der Waals surface area contributed by atoms with Crippen LogP contribution in [0.3, 0.4) is 0 Å². The van der Waals surface area contributed by atoms with E-state index in [4.69, 9.17) is 5.84 Å². The highest BCUT2D eigenvalue weighted by Gasteiger charge is 2.16. The van der Waals surface area contributed by atoms with E-state index < -0.39 is 0 Å². The highest BCUT2D eigenvalue weighted by molar-refractivity contribution is 9.10. The number of aromatic nitrogens is 1. The van der Waals surface area contributed by atoms with Crippen LogP contribution in [0.1, 0.15) is 22.2 Å². The van der Waals surface area contributed by atoms with Gasteiger partial charge in [-0.15, -0.1) is 11.3 Å².